The number of carboxylic acid groups (broad SMARTS) is 2. The van der Waals surface area contributed by atoms with E-state index >= 15 is 0 Å². The number of aliphatic carboxylic acids is 2. The summed E-state index contributed by atoms with van der Waals surface area (Å²) < 4.78 is 19.7. The van der Waals surface area contributed by atoms with Crippen LogP contribution >= 0.6 is 0 Å². The largest absolute Gasteiger partial charge is 0.482 e. The Labute approximate surface area is 273 Å². The number of carboxylic acids is 2. The molecule has 2 N–H and O–H groups in total. The highest BCUT2D eigenvalue weighted by atomic mass is 16.5. The summed E-state index contributed by atoms with van der Waals surface area (Å²) in [5.74, 6) is -0.544. The second kappa shape index (κ2) is 13.5. The average molecular weight is 651 g/mol. The van der Waals surface area contributed by atoms with Crippen molar-refractivity contribution in [2.24, 2.45) is 11.8 Å². The van der Waals surface area contributed by atoms with Gasteiger partial charge in [-0.3, -0.25) is 4.79 Å². The summed E-state index contributed by atoms with van der Waals surface area (Å²) in [5, 5.41) is 20.1. The van der Waals surface area contributed by atoms with E-state index in [0.29, 0.717) is 96.1 Å². The highest BCUT2D eigenvalue weighted by Crippen LogP contribution is 2.61. The van der Waals surface area contributed by atoms with Crippen molar-refractivity contribution in [3.05, 3.63) is 12.2 Å². The fraction of sp³-hybridized carbons (Fsp3) is 0.853. The van der Waals surface area contributed by atoms with Crippen molar-refractivity contribution in [3.63, 3.8) is 0 Å². The van der Waals surface area contributed by atoms with Crippen LogP contribution in [0.3, 0.4) is 0 Å². The first kappa shape index (κ1) is 34.0. The van der Waals surface area contributed by atoms with E-state index in [1.54, 1.807) is 0 Å². The summed E-state index contributed by atoms with van der Waals surface area (Å²) in [6, 6.07) is 0. The van der Waals surface area contributed by atoms with Crippen molar-refractivity contribution in [1.82, 2.24) is 0 Å². The Morgan fingerprint density at radius 1 is 0.696 bits per heavy atom. The van der Waals surface area contributed by atoms with E-state index in [0.717, 1.165) is 44.6 Å². The molecule has 12 heteroatoms. The zero-order chi connectivity index (χ0) is 32.5. The molecule has 7 unspecified atom stereocenters. The fourth-order valence-electron chi connectivity index (χ4n) is 11.7. The number of ketones is 1. The smallest absolute Gasteiger partial charge is 0.477 e. The van der Waals surface area contributed by atoms with Gasteiger partial charge in [-0.1, -0.05) is 12.2 Å². The third-order valence-electron chi connectivity index (χ3n) is 13.0. The van der Waals surface area contributed by atoms with Gasteiger partial charge in [-0.15, -0.1) is 8.97 Å². The molecule has 0 aromatic carbocycles. The molecule has 4 heterocycles. The second-order valence-electron chi connectivity index (χ2n) is 15.5. The van der Waals surface area contributed by atoms with Crippen molar-refractivity contribution in [2.45, 2.75) is 63.4 Å². The maximum absolute atomic E-state index is 13.6. The topological polar surface area (TPSA) is 119 Å². The van der Waals surface area contributed by atoms with Crippen molar-refractivity contribution >= 4 is 17.7 Å². The third-order valence-corrected chi connectivity index (χ3v) is 13.0. The van der Waals surface area contributed by atoms with Crippen LogP contribution in [0.4, 0.5) is 0 Å². The zero-order valence-electron chi connectivity index (χ0n) is 28.0. The highest BCUT2D eigenvalue weighted by molar-refractivity contribution is 5.79. The Balaban J connectivity index is 0.933. The van der Waals surface area contributed by atoms with Crippen LogP contribution in [0.15, 0.2) is 12.2 Å². The van der Waals surface area contributed by atoms with Gasteiger partial charge in [-0.05, 0) is 56.8 Å². The monoisotopic (exact) mass is 650 g/mol. The van der Waals surface area contributed by atoms with Gasteiger partial charge in [0, 0.05) is 13.0 Å². The molecule has 2 aliphatic carbocycles. The SMILES string of the molecule is C[N+]12CC[N+]3(CC(=O)O)CC[N+]4(CC(=O)O)CC[N+](CC(=O)CCCOCCOCCOC5CC6CC/C=C/CC[C@@H]6C5)(CC1)C234. The lowest BCUT2D eigenvalue weighted by Gasteiger charge is -2.49. The molecule has 6 aliphatic rings. The molecule has 8 atom stereocenters. The minimum Gasteiger partial charge on any atom is -0.477 e. The summed E-state index contributed by atoms with van der Waals surface area (Å²) in [6.07, 6.45) is 13.4. The molecule has 258 valence electrons. The molecule has 6 rings (SSSR count). The Kier molecular flexibility index (Phi) is 9.98. The molecule has 4 saturated heterocycles. The number of quaternary nitrogens is 4. The first-order valence-corrected chi connectivity index (χ1v) is 17.9. The number of hydrogen-bond acceptors (Lipinski definition) is 6. The Morgan fingerprint density at radius 3 is 1.72 bits per heavy atom. The number of ether oxygens (including phenoxy) is 3. The molecule has 0 radical (unpaired) electrons. The van der Waals surface area contributed by atoms with E-state index in [1.165, 1.54) is 38.5 Å². The fourth-order valence-corrected chi connectivity index (χ4v) is 11.7. The zero-order valence-corrected chi connectivity index (χ0v) is 28.0. The number of Topliss-reactive ketones (excluding diaryl/α,β-unsaturated/α-hetero) is 1. The van der Waals surface area contributed by atoms with Crippen LogP contribution in [-0.2, 0) is 28.6 Å². The highest BCUT2D eigenvalue weighted by Gasteiger charge is 2.98. The standard InChI is InChI=1S/C34H56N4O8/c1-35-10-12-36(14-15-38(27-33(42)43)17-16-37(13-11-35,26-32(40)41)34(35,36)38)25-30(39)9-6-18-44-19-20-45-21-22-46-31-23-28-7-4-2-3-5-8-29(28)24-31/h2-3,28-29,31H,4-27H2,1H3/q+2/p+2/b3-2+/t28-,29?,31?,34?,35?,36?,37?,38?/m1/s1. The number of carbonyl (C=O) groups is 3. The molecule has 0 aromatic rings. The summed E-state index contributed by atoms with van der Waals surface area (Å²) in [5.41, 5.74) is 0. The molecule has 0 bridgehead atoms. The molecular formula is C34H58N4O8+4. The van der Waals surface area contributed by atoms with Gasteiger partial charge in [0.25, 0.3) is 0 Å². The van der Waals surface area contributed by atoms with Gasteiger partial charge in [-0.25, -0.2) is 9.59 Å². The van der Waals surface area contributed by atoms with Gasteiger partial charge in [0.2, 0.25) is 0 Å². The average Bonchev–Trinajstić information content (AvgIpc) is 3.71. The number of allylic oxidation sites excluding steroid dienone is 2. The van der Waals surface area contributed by atoms with Gasteiger partial charge in [0.1, 0.15) is 52.4 Å². The van der Waals surface area contributed by atoms with E-state index in [9.17, 15) is 24.6 Å². The maximum atomic E-state index is 13.6. The quantitative estimate of drug-likeness (QED) is 0.139. The number of nitrogens with zero attached hydrogens (tertiary/aromatic N) is 4. The summed E-state index contributed by atoms with van der Waals surface area (Å²) >= 11 is 0. The van der Waals surface area contributed by atoms with Gasteiger partial charge >= 0.3 is 17.8 Å². The third kappa shape index (κ3) is 5.75. The maximum Gasteiger partial charge on any atom is 0.482 e. The minimum absolute atomic E-state index is 0.0108. The van der Waals surface area contributed by atoms with Crippen LogP contribution in [0.1, 0.15) is 51.4 Å². The number of fused-ring (bicyclic) bond motifs is 1. The van der Waals surface area contributed by atoms with Crippen LogP contribution in [0, 0.1) is 11.8 Å². The normalized spacial score (nSPS) is 41.5. The minimum atomic E-state index is -0.843. The lowest BCUT2D eigenvalue weighted by molar-refractivity contribution is -1.36. The molecule has 1 saturated carbocycles. The summed E-state index contributed by atoms with van der Waals surface area (Å²) in [7, 11) is 2.19. The van der Waals surface area contributed by atoms with Gasteiger partial charge < -0.3 is 24.4 Å². The van der Waals surface area contributed by atoms with Crippen LogP contribution in [0.25, 0.3) is 0 Å². The van der Waals surface area contributed by atoms with Gasteiger partial charge in [0.05, 0.1) is 39.6 Å². The van der Waals surface area contributed by atoms with Crippen molar-refractivity contribution < 1.29 is 56.7 Å². The van der Waals surface area contributed by atoms with Gasteiger partial charge in [-0.2, -0.15) is 8.97 Å². The molecule has 12 nitrogen and oxygen atoms in total. The second-order valence-corrected chi connectivity index (χ2v) is 15.5. The van der Waals surface area contributed by atoms with Crippen molar-refractivity contribution in [2.75, 3.05) is 112 Å². The first-order chi connectivity index (χ1) is 22.1. The van der Waals surface area contributed by atoms with Crippen molar-refractivity contribution in [1.29, 1.82) is 0 Å². The Hall–Kier alpha value is -1.93. The lowest BCUT2D eigenvalue weighted by atomic mass is 9.86. The van der Waals surface area contributed by atoms with E-state index in [-0.39, 0.29) is 18.9 Å². The summed E-state index contributed by atoms with van der Waals surface area (Å²) in [4.78, 5) is 38.1. The number of hydrogen-bond donors (Lipinski definition) is 2. The van der Waals surface area contributed by atoms with Crippen molar-refractivity contribution in [3.8, 4) is 0 Å². The van der Waals surface area contributed by atoms with Gasteiger partial charge in [0.15, 0.2) is 25.4 Å². The molecule has 0 amide bonds. The van der Waals surface area contributed by atoms with Crippen LogP contribution in [0.5, 0.6) is 0 Å². The van der Waals surface area contributed by atoms with Crippen LogP contribution in [0.2, 0.25) is 0 Å². The predicted molar refractivity (Wildman–Crippen MR) is 168 cm³/mol. The van der Waals surface area contributed by atoms with Crippen LogP contribution in [-0.4, -0.2) is 170 Å². The molecular weight excluding hydrogens is 592 g/mol. The van der Waals surface area contributed by atoms with E-state index in [4.69, 9.17) is 14.2 Å². The Morgan fingerprint density at radius 2 is 1.17 bits per heavy atom. The Bertz CT molecular complexity index is 1140. The van der Waals surface area contributed by atoms with E-state index in [2.05, 4.69) is 19.2 Å². The molecule has 1 spiro atoms. The lowest BCUT2D eigenvalue weighted by Crippen LogP contribution is -2.85. The number of rotatable bonds is 17. The van der Waals surface area contributed by atoms with E-state index in [1.807, 2.05) is 0 Å². The number of likely N-dealkylation sites (N-methyl/N-ethyl adjacent to an activating group) is 1. The molecule has 0 aromatic heterocycles. The molecule has 5 fully saturated rings. The molecule has 4 aliphatic heterocycles. The predicted octanol–water partition coefficient (Wildman–Crippen LogP) is 1.64. The molecule has 46 heavy (non-hydrogen) atoms. The first-order valence-electron chi connectivity index (χ1n) is 17.9. The number of carbonyl (C=O) groups excluding carboxylic acids is 1. The van der Waals surface area contributed by atoms with E-state index < -0.39 is 17.8 Å². The summed E-state index contributed by atoms with van der Waals surface area (Å²) in [6.45, 7) is 8.88. The van der Waals surface area contributed by atoms with Crippen LogP contribution < -0.4 is 0 Å².